The van der Waals surface area contributed by atoms with Crippen LogP contribution < -0.4 is 10.2 Å². The first-order valence-electron chi connectivity index (χ1n) is 7.92. The molecule has 0 aliphatic carbocycles. The second kappa shape index (κ2) is 7.54. The van der Waals surface area contributed by atoms with Gasteiger partial charge in [-0.05, 0) is 50.3 Å². The van der Waals surface area contributed by atoms with Crippen LogP contribution in [0.2, 0.25) is 0 Å². The average molecular weight is 260 g/mol. The van der Waals surface area contributed by atoms with E-state index in [1.165, 1.54) is 49.9 Å². The van der Waals surface area contributed by atoms with Gasteiger partial charge in [0, 0.05) is 24.8 Å². The number of nitrogens with one attached hydrogen (secondary N) is 1. The zero-order valence-electron chi connectivity index (χ0n) is 12.5. The number of hydrogen-bond acceptors (Lipinski definition) is 2. The largest absolute Gasteiger partial charge is 0.367 e. The van der Waals surface area contributed by atoms with Crippen molar-refractivity contribution in [2.24, 2.45) is 0 Å². The maximum Gasteiger partial charge on any atom is 0.0412 e. The molecular formula is C17H28N2. The molecule has 0 saturated carbocycles. The topological polar surface area (TPSA) is 15.3 Å². The van der Waals surface area contributed by atoms with Crippen LogP contribution in [0.25, 0.3) is 0 Å². The van der Waals surface area contributed by atoms with Gasteiger partial charge in [0.1, 0.15) is 0 Å². The highest BCUT2D eigenvalue weighted by atomic mass is 15.2. The Labute approximate surface area is 118 Å². The number of benzene rings is 1. The fourth-order valence-corrected chi connectivity index (χ4v) is 3.02. The minimum absolute atomic E-state index is 0.630. The van der Waals surface area contributed by atoms with Crippen molar-refractivity contribution in [3.63, 3.8) is 0 Å². The fourth-order valence-electron chi connectivity index (χ4n) is 3.02. The Kier molecular flexibility index (Phi) is 5.71. The molecule has 1 atom stereocenters. The minimum atomic E-state index is 0.630. The smallest absolute Gasteiger partial charge is 0.0412 e. The first kappa shape index (κ1) is 14.4. The van der Waals surface area contributed by atoms with Gasteiger partial charge in [0.2, 0.25) is 0 Å². The van der Waals surface area contributed by atoms with E-state index in [9.17, 15) is 0 Å². The molecule has 2 nitrogen and oxygen atoms in total. The van der Waals surface area contributed by atoms with Gasteiger partial charge in [0.05, 0.1) is 0 Å². The third kappa shape index (κ3) is 3.73. The fraction of sp³-hybridized carbons (Fsp3) is 0.647. The Morgan fingerprint density at radius 3 is 2.84 bits per heavy atom. The van der Waals surface area contributed by atoms with Crippen LogP contribution >= 0.6 is 0 Å². The number of nitrogens with zero attached hydrogens (tertiary/aromatic N) is 1. The molecule has 1 aromatic rings. The van der Waals surface area contributed by atoms with E-state index in [1.54, 1.807) is 0 Å². The van der Waals surface area contributed by atoms with Crippen LogP contribution in [-0.4, -0.2) is 25.7 Å². The van der Waals surface area contributed by atoms with E-state index >= 15 is 0 Å². The molecule has 1 heterocycles. The van der Waals surface area contributed by atoms with Gasteiger partial charge < -0.3 is 10.2 Å². The predicted molar refractivity (Wildman–Crippen MR) is 84.0 cm³/mol. The van der Waals surface area contributed by atoms with Gasteiger partial charge in [-0.15, -0.1) is 0 Å². The van der Waals surface area contributed by atoms with E-state index in [0.29, 0.717) is 6.04 Å². The zero-order chi connectivity index (χ0) is 13.5. The molecule has 106 valence electrons. The number of rotatable bonds is 6. The summed E-state index contributed by atoms with van der Waals surface area (Å²) in [6.07, 6.45) is 6.31. The molecule has 1 aromatic carbocycles. The number of anilines is 1. The molecule has 0 aromatic heterocycles. The summed E-state index contributed by atoms with van der Waals surface area (Å²) >= 11 is 0. The molecule has 1 unspecified atom stereocenters. The lowest BCUT2D eigenvalue weighted by molar-refractivity contribution is 0.514. The van der Waals surface area contributed by atoms with Gasteiger partial charge in [-0.1, -0.05) is 32.0 Å². The molecule has 0 amide bonds. The van der Waals surface area contributed by atoms with E-state index in [-0.39, 0.29) is 0 Å². The summed E-state index contributed by atoms with van der Waals surface area (Å²) in [5.41, 5.74) is 3.01. The van der Waals surface area contributed by atoms with Gasteiger partial charge in [0.25, 0.3) is 0 Å². The highest BCUT2D eigenvalue weighted by Gasteiger charge is 2.21. The lowest BCUT2D eigenvalue weighted by atomic mass is 10.1. The number of aryl methyl sites for hydroxylation is 1. The van der Waals surface area contributed by atoms with Crippen LogP contribution in [0, 0.1) is 0 Å². The van der Waals surface area contributed by atoms with Gasteiger partial charge in [-0.25, -0.2) is 0 Å². The maximum absolute atomic E-state index is 3.59. The van der Waals surface area contributed by atoms with Crippen molar-refractivity contribution in [3.05, 3.63) is 29.8 Å². The molecule has 1 aliphatic heterocycles. The van der Waals surface area contributed by atoms with Crippen molar-refractivity contribution in [1.82, 2.24) is 5.32 Å². The van der Waals surface area contributed by atoms with Crippen LogP contribution in [0.4, 0.5) is 5.69 Å². The first-order chi connectivity index (χ1) is 9.36. The van der Waals surface area contributed by atoms with Crippen LogP contribution in [0.5, 0.6) is 0 Å². The summed E-state index contributed by atoms with van der Waals surface area (Å²) in [4.78, 5) is 2.64. The molecule has 0 saturated heterocycles. The third-order valence-electron chi connectivity index (χ3n) is 4.11. The summed E-state index contributed by atoms with van der Waals surface area (Å²) < 4.78 is 0. The molecule has 0 fully saturated rings. The normalized spacial score (nSPS) is 16.8. The lowest BCUT2D eigenvalue weighted by Crippen LogP contribution is -2.43. The van der Waals surface area contributed by atoms with Crippen LogP contribution in [0.15, 0.2) is 24.3 Å². The van der Waals surface area contributed by atoms with E-state index in [2.05, 4.69) is 48.3 Å². The summed E-state index contributed by atoms with van der Waals surface area (Å²) in [6, 6.07) is 9.61. The quantitative estimate of drug-likeness (QED) is 0.786. The van der Waals surface area contributed by atoms with Crippen molar-refractivity contribution in [1.29, 1.82) is 0 Å². The summed E-state index contributed by atoms with van der Waals surface area (Å²) in [7, 11) is 0. The zero-order valence-corrected chi connectivity index (χ0v) is 12.5. The molecular weight excluding hydrogens is 232 g/mol. The number of hydrogen-bond donors (Lipinski definition) is 1. The SMILES string of the molecule is CCCNCC(CC)N1CCCCc2ccccc21. The molecule has 0 bridgehead atoms. The van der Waals surface area contributed by atoms with E-state index < -0.39 is 0 Å². The van der Waals surface area contributed by atoms with Crippen molar-refractivity contribution in [2.75, 3.05) is 24.5 Å². The van der Waals surface area contributed by atoms with E-state index in [0.717, 1.165) is 13.1 Å². The summed E-state index contributed by atoms with van der Waals surface area (Å²) in [5, 5.41) is 3.59. The number of para-hydroxylation sites is 1. The molecule has 1 N–H and O–H groups in total. The monoisotopic (exact) mass is 260 g/mol. The Morgan fingerprint density at radius 2 is 2.05 bits per heavy atom. The first-order valence-corrected chi connectivity index (χ1v) is 7.92. The van der Waals surface area contributed by atoms with Crippen LogP contribution in [-0.2, 0) is 6.42 Å². The van der Waals surface area contributed by atoms with Gasteiger partial charge in [0.15, 0.2) is 0 Å². The number of fused-ring (bicyclic) bond motifs is 1. The highest BCUT2D eigenvalue weighted by Crippen LogP contribution is 2.28. The molecule has 1 aliphatic rings. The Hall–Kier alpha value is -1.02. The van der Waals surface area contributed by atoms with Crippen molar-refractivity contribution >= 4 is 5.69 Å². The summed E-state index contributed by atoms with van der Waals surface area (Å²) in [6.45, 7) is 8.00. The maximum atomic E-state index is 3.59. The average Bonchev–Trinajstić information content (AvgIpc) is 2.66. The van der Waals surface area contributed by atoms with Gasteiger partial charge >= 0.3 is 0 Å². The molecule has 2 rings (SSSR count). The standard InChI is InChI=1S/C17H28N2/c1-3-12-18-14-16(4-2)19-13-8-7-10-15-9-5-6-11-17(15)19/h5-6,9,11,16,18H,3-4,7-8,10,12-14H2,1-2H3. The molecule has 2 heteroatoms. The van der Waals surface area contributed by atoms with E-state index in [4.69, 9.17) is 0 Å². The Bertz CT molecular complexity index is 375. The Balaban J connectivity index is 2.12. The van der Waals surface area contributed by atoms with Crippen molar-refractivity contribution in [3.8, 4) is 0 Å². The van der Waals surface area contributed by atoms with Crippen LogP contribution in [0.1, 0.15) is 45.1 Å². The summed E-state index contributed by atoms with van der Waals surface area (Å²) in [5.74, 6) is 0. The highest BCUT2D eigenvalue weighted by molar-refractivity contribution is 5.55. The van der Waals surface area contributed by atoms with Gasteiger partial charge in [-0.3, -0.25) is 0 Å². The van der Waals surface area contributed by atoms with Crippen molar-refractivity contribution in [2.45, 2.75) is 52.0 Å². The molecule has 0 radical (unpaired) electrons. The van der Waals surface area contributed by atoms with Gasteiger partial charge in [-0.2, -0.15) is 0 Å². The minimum Gasteiger partial charge on any atom is -0.367 e. The second-order valence-electron chi connectivity index (χ2n) is 5.55. The second-order valence-corrected chi connectivity index (χ2v) is 5.55. The van der Waals surface area contributed by atoms with E-state index in [1.807, 2.05) is 0 Å². The van der Waals surface area contributed by atoms with Crippen molar-refractivity contribution < 1.29 is 0 Å². The lowest BCUT2D eigenvalue weighted by Gasteiger charge is -2.33. The molecule has 19 heavy (non-hydrogen) atoms. The van der Waals surface area contributed by atoms with Crippen LogP contribution in [0.3, 0.4) is 0 Å². The third-order valence-corrected chi connectivity index (χ3v) is 4.11. The molecule has 0 spiro atoms. The Morgan fingerprint density at radius 1 is 1.21 bits per heavy atom. The predicted octanol–water partition coefficient (Wildman–Crippen LogP) is 3.61.